The van der Waals surface area contributed by atoms with E-state index in [1.54, 1.807) is 0 Å². The molecule has 0 aliphatic carbocycles. The fraction of sp³-hybridized carbons (Fsp3) is 1.00. The van der Waals surface area contributed by atoms with Gasteiger partial charge in [0.25, 0.3) is 0 Å². The van der Waals surface area contributed by atoms with E-state index in [9.17, 15) is 0 Å². The summed E-state index contributed by atoms with van der Waals surface area (Å²) in [5, 5.41) is 0. The van der Waals surface area contributed by atoms with Gasteiger partial charge in [-0.15, -0.1) is 0 Å². The fourth-order valence-corrected chi connectivity index (χ4v) is 0.958. The molecule has 0 aromatic heterocycles. The molecular formula is C8H18CuO2. The maximum absolute atomic E-state index is 5.10. The van der Waals surface area contributed by atoms with Gasteiger partial charge in [-0.1, -0.05) is 0 Å². The molecule has 0 saturated carbocycles. The molecular weight excluding hydrogens is 192 g/mol. The van der Waals surface area contributed by atoms with Crippen molar-refractivity contribution in [2.75, 3.05) is 13.2 Å². The van der Waals surface area contributed by atoms with Gasteiger partial charge in [-0.3, -0.25) is 0 Å². The molecule has 0 saturated heterocycles. The van der Waals surface area contributed by atoms with Crippen LogP contribution in [0.3, 0.4) is 0 Å². The van der Waals surface area contributed by atoms with Crippen molar-refractivity contribution < 1.29 is 23.3 Å². The number of rotatable bonds is 8. The summed E-state index contributed by atoms with van der Waals surface area (Å²) in [4.78, 5) is 0. The zero-order valence-electron chi connectivity index (χ0n) is 7.36. The van der Waals surface area contributed by atoms with Crippen LogP contribution in [0.25, 0.3) is 0 Å². The first-order chi connectivity index (χ1) is 5.41. The third kappa shape index (κ3) is 10.4. The van der Waals surface area contributed by atoms with Gasteiger partial charge < -0.3 is 0 Å². The molecule has 11 heavy (non-hydrogen) atoms. The van der Waals surface area contributed by atoms with Crippen molar-refractivity contribution in [2.45, 2.75) is 39.5 Å². The summed E-state index contributed by atoms with van der Waals surface area (Å²) < 4.78 is 10.2. The van der Waals surface area contributed by atoms with Crippen molar-refractivity contribution in [3.05, 3.63) is 0 Å². The Bertz CT molecular complexity index is 61.1. The summed E-state index contributed by atoms with van der Waals surface area (Å²) in [5.74, 6) is 0. The van der Waals surface area contributed by atoms with E-state index in [-0.39, 0.29) is 0 Å². The van der Waals surface area contributed by atoms with E-state index in [4.69, 9.17) is 7.64 Å². The van der Waals surface area contributed by atoms with Gasteiger partial charge in [0, 0.05) is 0 Å². The van der Waals surface area contributed by atoms with Gasteiger partial charge in [0.1, 0.15) is 0 Å². The topological polar surface area (TPSA) is 18.5 Å². The average Bonchev–Trinajstić information content (AvgIpc) is 2.03. The van der Waals surface area contributed by atoms with Gasteiger partial charge in [0.2, 0.25) is 0 Å². The van der Waals surface area contributed by atoms with Gasteiger partial charge >= 0.3 is 76.0 Å². The SMILES string of the molecule is CCCC[O][Cu][O]CCCC. The zero-order chi connectivity index (χ0) is 8.36. The van der Waals surface area contributed by atoms with Gasteiger partial charge in [0.15, 0.2) is 0 Å². The van der Waals surface area contributed by atoms with E-state index in [0.29, 0.717) is 0 Å². The molecule has 0 atom stereocenters. The van der Waals surface area contributed by atoms with Gasteiger partial charge in [-0.05, 0) is 0 Å². The van der Waals surface area contributed by atoms with Gasteiger partial charge in [0.05, 0.1) is 0 Å². The molecule has 3 heteroatoms. The normalized spacial score (nSPS) is 10.7. The monoisotopic (exact) mass is 209 g/mol. The minimum atomic E-state index is 0.794. The second-order valence-electron chi connectivity index (χ2n) is 2.34. The standard InChI is InChI=1S/2C4H9O.Cu/c2*1-2-3-4-5;/h2*2-4H2,1H3;/q2*-1;+2. The Labute approximate surface area is 76.5 Å². The summed E-state index contributed by atoms with van der Waals surface area (Å²) >= 11 is 1.22. The van der Waals surface area contributed by atoms with Crippen LogP contribution in [0, 0.1) is 0 Å². The van der Waals surface area contributed by atoms with Crippen LogP contribution in [0.15, 0.2) is 0 Å². The van der Waals surface area contributed by atoms with E-state index in [1.807, 2.05) is 0 Å². The van der Waals surface area contributed by atoms with Crippen molar-refractivity contribution in [1.82, 2.24) is 0 Å². The average molecular weight is 210 g/mol. The number of hydrogen-bond acceptors (Lipinski definition) is 2. The molecule has 2 nitrogen and oxygen atoms in total. The van der Waals surface area contributed by atoms with E-state index in [1.165, 1.54) is 28.5 Å². The number of hydrogen-bond donors (Lipinski definition) is 0. The van der Waals surface area contributed by atoms with Crippen molar-refractivity contribution in [1.29, 1.82) is 0 Å². The Morgan fingerprint density at radius 2 is 1.36 bits per heavy atom. The molecule has 0 unspecified atom stereocenters. The van der Waals surface area contributed by atoms with Crippen LogP contribution in [0.5, 0.6) is 0 Å². The quantitative estimate of drug-likeness (QED) is 0.452. The third-order valence-corrected chi connectivity index (χ3v) is 1.80. The number of unbranched alkanes of at least 4 members (excludes halogenated alkanes) is 2. The summed E-state index contributed by atoms with van der Waals surface area (Å²) in [6.45, 7) is 5.88. The minimum absolute atomic E-state index is 0.794. The van der Waals surface area contributed by atoms with E-state index < -0.39 is 0 Å². The van der Waals surface area contributed by atoms with Gasteiger partial charge in [-0.25, -0.2) is 0 Å². The maximum atomic E-state index is 5.10. The van der Waals surface area contributed by atoms with E-state index in [0.717, 1.165) is 26.1 Å². The summed E-state index contributed by atoms with van der Waals surface area (Å²) in [7, 11) is 0. The van der Waals surface area contributed by atoms with Crippen molar-refractivity contribution in [3.63, 3.8) is 0 Å². The Balaban J connectivity index is 2.69. The molecule has 0 spiro atoms. The Morgan fingerprint density at radius 3 is 1.73 bits per heavy atom. The second-order valence-corrected chi connectivity index (χ2v) is 3.04. The molecule has 0 aliphatic rings. The second kappa shape index (κ2) is 10.4. The molecule has 0 amide bonds. The Hall–Kier alpha value is 0.439. The van der Waals surface area contributed by atoms with Crippen LogP contribution < -0.4 is 0 Å². The predicted molar refractivity (Wildman–Crippen MR) is 41.7 cm³/mol. The molecule has 0 aliphatic heterocycles. The van der Waals surface area contributed by atoms with Crippen LogP contribution in [0.1, 0.15) is 39.5 Å². The van der Waals surface area contributed by atoms with Crippen LogP contribution in [-0.2, 0) is 23.3 Å². The molecule has 0 fully saturated rings. The Kier molecular flexibility index (Phi) is 10.9. The summed E-state index contributed by atoms with van der Waals surface area (Å²) in [6, 6.07) is 0. The molecule has 0 aromatic carbocycles. The van der Waals surface area contributed by atoms with Crippen molar-refractivity contribution in [2.24, 2.45) is 0 Å². The third-order valence-electron chi connectivity index (χ3n) is 1.19. The van der Waals surface area contributed by atoms with Crippen LogP contribution >= 0.6 is 0 Å². The van der Waals surface area contributed by atoms with Crippen LogP contribution in [0.2, 0.25) is 0 Å². The molecule has 0 radical (unpaired) electrons. The van der Waals surface area contributed by atoms with Gasteiger partial charge in [-0.2, -0.15) is 0 Å². The molecule has 0 heterocycles. The summed E-state index contributed by atoms with van der Waals surface area (Å²) in [5.41, 5.74) is 0. The molecule has 0 N–H and O–H groups in total. The van der Waals surface area contributed by atoms with Crippen LogP contribution in [0.4, 0.5) is 0 Å². The van der Waals surface area contributed by atoms with Crippen molar-refractivity contribution >= 4 is 0 Å². The molecule has 0 aromatic rings. The van der Waals surface area contributed by atoms with Crippen LogP contribution in [-0.4, -0.2) is 13.2 Å². The summed E-state index contributed by atoms with van der Waals surface area (Å²) in [6.07, 6.45) is 4.57. The molecule has 0 rings (SSSR count). The molecule has 0 bridgehead atoms. The van der Waals surface area contributed by atoms with E-state index >= 15 is 0 Å². The predicted octanol–water partition coefficient (Wildman–Crippen LogP) is 2.53. The van der Waals surface area contributed by atoms with Crippen molar-refractivity contribution in [3.8, 4) is 0 Å². The fourth-order valence-electron chi connectivity index (χ4n) is 0.451. The van der Waals surface area contributed by atoms with E-state index in [2.05, 4.69) is 13.8 Å². The molecule has 73 valence electrons. The Morgan fingerprint density at radius 1 is 0.909 bits per heavy atom. The first-order valence-electron chi connectivity index (χ1n) is 4.24. The first kappa shape index (κ1) is 11.4. The first-order valence-corrected chi connectivity index (χ1v) is 5.01. The zero-order valence-corrected chi connectivity index (χ0v) is 8.30.